The van der Waals surface area contributed by atoms with E-state index in [0.29, 0.717) is 6.42 Å². The van der Waals surface area contributed by atoms with Crippen LogP contribution >= 0.6 is 0 Å². The first-order valence-electron chi connectivity index (χ1n) is 9.54. The van der Waals surface area contributed by atoms with Crippen molar-refractivity contribution in [2.45, 2.75) is 65.1 Å². The molecule has 0 fully saturated rings. The van der Waals surface area contributed by atoms with Gasteiger partial charge in [-0.3, -0.25) is 24.0 Å². The largest absolute Gasteiger partial charge is 0.480 e. The van der Waals surface area contributed by atoms with Crippen LogP contribution in [-0.4, -0.2) is 59.4 Å². The van der Waals surface area contributed by atoms with Crippen LogP contribution in [0.3, 0.4) is 0 Å². The summed E-state index contributed by atoms with van der Waals surface area (Å²) in [5.41, 5.74) is 11.0. The third kappa shape index (κ3) is 9.88. The van der Waals surface area contributed by atoms with Crippen molar-refractivity contribution >= 4 is 29.6 Å². The molecule has 0 aromatic heterocycles. The van der Waals surface area contributed by atoms with Crippen LogP contribution in [0, 0.1) is 11.8 Å². The first-order chi connectivity index (χ1) is 13.4. The van der Waals surface area contributed by atoms with Crippen molar-refractivity contribution in [2.24, 2.45) is 23.3 Å². The number of primary amides is 1. The van der Waals surface area contributed by atoms with Crippen molar-refractivity contribution in [1.82, 2.24) is 16.0 Å². The summed E-state index contributed by atoms with van der Waals surface area (Å²) < 4.78 is 0. The zero-order chi connectivity index (χ0) is 22.7. The van der Waals surface area contributed by atoms with Crippen molar-refractivity contribution < 1.29 is 29.1 Å². The molecule has 0 spiro atoms. The van der Waals surface area contributed by atoms with Crippen LogP contribution in [0.4, 0.5) is 0 Å². The van der Waals surface area contributed by atoms with Gasteiger partial charge in [0.25, 0.3) is 0 Å². The van der Waals surface area contributed by atoms with Gasteiger partial charge in [0.1, 0.15) is 18.6 Å². The Morgan fingerprint density at radius 3 is 2.00 bits per heavy atom. The third-order valence-corrected chi connectivity index (χ3v) is 4.53. The number of hydrogen-bond acceptors (Lipinski definition) is 6. The Morgan fingerprint density at radius 1 is 0.966 bits per heavy atom. The van der Waals surface area contributed by atoms with E-state index in [4.69, 9.17) is 16.6 Å². The second-order valence-electron chi connectivity index (χ2n) is 7.32. The molecule has 11 nitrogen and oxygen atoms in total. The number of aliphatic carboxylic acids is 1. The number of hydrogen-bond donors (Lipinski definition) is 6. The Hall–Kier alpha value is -2.69. The number of carbonyl (C=O) groups excluding carboxylic acids is 4. The summed E-state index contributed by atoms with van der Waals surface area (Å²) in [4.78, 5) is 59.0. The van der Waals surface area contributed by atoms with Crippen LogP contribution in [0.25, 0.3) is 0 Å². The Balaban J connectivity index is 5.29. The van der Waals surface area contributed by atoms with Gasteiger partial charge in [-0.2, -0.15) is 0 Å². The first-order valence-corrected chi connectivity index (χ1v) is 9.54. The highest BCUT2D eigenvalue weighted by atomic mass is 16.4. The fourth-order valence-corrected chi connectivity index (χ4v) is 2.40. The molecule has 0 aromatic rings. The minimum absolute atomic E-state index is 0.0678. The molecule has 4 unspecified atom stereocenters. The zero-order valence-electron chi connectivity index (χ0n) is 17.4. The van der Waals surface area contributed by atoms with E-state index in [1.165, 1.54) is 0 Å². The van der Waals surface area contributed by atoms with E-state index < -0.39 is 54.3 Å². The van der Waals surface area contributed by atoms with Crippen molar-refractivity contribution in [1.29, 1.82) is 0 Å². The Bertz CT molecular complexity index is 610. The van der Waals surface area contributed by atoms with Crippen LogP contribution in [0.2, 0.25) is 0 Å². The summed E-state index contributed by atoms with van der Waals surface area (Å²) >= 11 is 0. The number of amides is 4. The Labute approximate surface area is 170 Å². The standard InChI is InChI=1S/C18H33N5O6/c1-5-10(4)14(20)17(28)22-11(6-7-12(19)24)16(27)23-15(9(2)3)18(29)21-8-13(25)26/h9-11,14-15H,5-8,20H2,1-4H3,(H2,19,24)(H,21,29)(H,22,28)(H,23,27)(H,25,26). The lowest BCUT2D eigenvalue weighted by atomic mass is 9.98. The highest BCUT2D eigenvalue weighted by Crippen LogP contribution is 2.08. The maximum Gasteiger partial charge on any atom is 0.322 e. The van der Waals surface area contributed by atoms with Gasteiger partial charge >= 0.3 is 5.97 Å². The molecule has 0 bridgehead atoms. The molecule has 4 amide bonds. The lowest BCUT2D eigenvalue weighted by Gasteiger charge is -2.26. The second kappa shape index (κ2) is 12.7. The molecule has 11 heteroatoms. The molecule has 0 saturated heterocycles. The lowest BCUT2D eigenvalue weighted by molar-refractivity contribution is -0.139. The lowest BCUT2D eigenvalue weighted by Crippen LogP contribution is -2.58. The molecule has 0 rings (SSSR count). The normalized spacial score (nSPS) is 15.0. The Kier molecular flexibility index (Phi) is 11.5. The minimum atomic E-state index is -1.22. The number of carboxylic acids is 1. The van der Waals surface area contributed by atoms with Crippen molar-refractivity contribution in [3.05, 3.63) is 0 Å². The fourth-order valence-electron chi connectivity index (χ4n) is 2.40. The average Bonchev–Trinajstić information content (AvgIpc) is 2.64. The van der Waals surface area contributed by atoms with E-state index in [9.17, 15) is 24.0 Å². The van der Waals surface area contributed by atoms with E-state index in [0.717, 1.165) is 0 Å². The van der Waals surface area contributed by atoms with Gasteiger partial charge in [-0.1, -0.05) is 34.1 Å². The summed E-state index contributed by atoms with van der Waals surface area (Å²) in [7, 11) is 0. The van der Waals surface area contributed by atoms with Gasteiger partial charge < -0.3 is 32.5 Å². The summed E-state index contributed by atoms with van der Waals surface area (Å²) in [5, 5.41) is 15.9. The molecule has 0 aliphatic rings. The minimum Gasteiger partial charge on any atom is -0.480 e. The monoisotopic (exact) mass is 415 g/mol. The van der Waals surface area contributed by atoms with Gasteiger partial charge in [0, 0.05) is 6.42 Å². The van der Waals surface area contributed by atoms with E-state index in [1.807, 2.05) is 6.92 Å². The number of nitrogens with two attached hydrogens (primary N) is 2. The molecule has 0 aromatic carbocycles. The maximum absolute atomic E-state index is 12.7. The molecule has 4 atom stereocenters. The van der Waals surface area contributed by atoms with Gasteiger partial charge in [-0.15, -0.1) is 0 Å². The van der Waals surface area contributed by atoms with Gasteiger partial charge in [0.15, 0.2) is 0 Å². The number of carbonyl (C=O) groups is 5. The summed E-state index contributed by atoms with van der Waals surface area (Å²) in [5.74, 6) is -4.28. The third-order valence-electron chi connectivity index (χ3n) is 4.53. The van der Waals surface area contributed by atoms with Crippen LogP contribution in [-0.2, 0) is 24.0 Å². The van der Waals surface area contributed by atoms with E-state index in [2.05, 4.69) is 16.0 Å². The van der Waals surface area contributed by atoms with Crippen molar-refractivity contribution in [3.8, 4) is 0 Å². The molecular weight excluding hydrogens is 382 g/mol. The molecule has 0 heterocycles. The van der Waals surface area contributed by atoms with Crippen LogP contribution in [0.15, 0.2) is 0 Å². The topological polar surface area (TPSA) is 194 Å². The predicted octanol–water partition coefficient (Wildman–Crippen LogP) is -1.55. The van der Waals surface area contributed by atoms with Crippen LogP contribution < -0.4 is 27.4 Å². The SMILES string of the molecule is CCC(C)C(N)C(=O)NC(CCC(N)=O)C(=O)NC(C(=O)NCC(=O)O)C(C)C. The van der Waals surface area contributed by atoms with Crippen molar-refractivity contribution in [3.63, 3.8) is 0 Å². The molecule has 0 saturated carbocycles. The van der Waals surface area contributed by atoms with Crippen molar-refractivity contribution in [2.75, 3.05) is 6.54 Å². The maximum atomic E-state index is 12.7. The van der Waals surface area contributed by atoms with Gasteiger partial charge in [-0.25, -0.2) is 0 Å². The second-order valence-corrected chi connectivity index (χ2v) is 7.32. The van der Waals surface area contributed by atoms with Crippen LogP contribution in [0.1, 0.15) is 47.0 Å². The van der Waals surface area contributed by atoms with Gasteiger partial charge in [0.05, 0.1) is 6.04 Å². The fraction of sp³-hybridized carbons (Fsp3) is 0.722. The summed E-state index contributed by atoms with van der Waals surface area (Å²) in [6, 6.07) is -3.00. The molecule has 0 aliphatic heterocycles. The highest BCUT2D eigenvalue weighted by Gasteiger charge is 2.30. The molecule has 29 heavy (non-hydrogen) atoms. The van der Waals surface area contributed by atoms with E-state index in [-0.39, 0.29) is 24.7 Å². The van der Waals surface area contributed by atoms with E-state index >= 15 is 0 Å². The highest BCUT2D eigenvalue weighted by molar-refractivity contribution is 5.94. The van der Waals surface area contributed by atoms with E-state index in [1.54, 1.807) is 20.8 Å². The molecule has 0 radical (unpaired) electrons. The summed E-state index contributed by atoms with van der Waals surface area (Å²) in [6.45, 7) is 6.41. The molecule has 0 aliphatic carbocycles. The Morgan fingerprint density at radius 2 is 1.55 bits per heavy atom. The number of nitrogens with one attached hydrogen (secondary N) is 3. The summed E-state index contributed by atoms with van der Waals surface area (Å²) in [6.07, 6.45) is 0.433. The average molecular weight is 415 g/mol. The molecule has 166 valence electrons. The van der Waals surface area contributed by atoms with Gasteiger partial charge in [-0.05, 0) is 18.3 Å². The van der Waals surface area contributed by atoms with Gasteiger partial charge in [0.2, 0.25) is 23.6 Å². The predicted molar refractivity (Wildman–Crippen MR) is 105 cm³/mol. The number of carboxylic acid groups (broad SMARTS) is 1. The quantitative estimate of drug-likeness (QED) is 0.209. The number of rotatable bonds is 13. The molecular formula is C18H33N5O6. The zero-order valence-corrected chi connectivity index (χ0v) is 17.4. The molecule has 8 N–H and O–H groups in total. The van der Waals surface area contributed by atoms with Crippen LogP contribution in [0.5, 0.6) is 0 Å². The smallest absolute Gasteiger partial charge is 0.322 e. The first kappa shape index (κ1) is 26.3.